The summed E-state index contributed by atoms with van der Waals surface area (Å²) in [6, 6.07) is 3.59. The van der Waals surface area contributed by atoms with Gasteiger partial charge in [0.05, 0.1) is 18.7 Å². The minimum atomic E-state index is -0.279. The lowest BCUT2D eigenvalue weighted by Gasteiger charge is -2.14. The summed E-state index contributed by atoms with van der Waals surface area (Å²) in [7, 11) is 0. The Bertz CT molecular complexity index is 416. The summed E-state index contributed by atoms with van der Waals surface area (Å²) in [5.41, 5.74) is 5.32. The molecule has 2 amide bonds. The van der Waals surface area contributed by atoms with Crippen molar-refractivity contribution in [3.05, 3.63) is 24.2 Å². The number of carbonyl (C=O) groups is 2. The molecular formula is C12H17N3O3. The van der Waals surface area contributed by atoms with Crippen LogP contribution in [-0.2, 0) is 16.1 Å². The highest BCUT2D eigenvalue weighted by Crippen LogP contribution is 2.20. The summed E-state index contributed by atoms with van der Waals surface area (Å²) >= 11 is 0. The third-order valence-electron chi connectivity index (χ3n) is 2.96. The molecular weight excluding hydrogens is 234 g/mol. The van der Waals surface area contributed by atoms with E-state index in [-0.39, 0.29) is 24.2 Å². The predicted molar refractivity (Wildman–Crippen MR) is 64.3 cm³/mol. The van der Waals surface area contributed by atoms with Gasteiger partial charge < -0.3 is 20.4 Å². The lowest BCUT2D eigenvalue weighted by molar-refractivity contribution is -0.129. The summed E-state index contributed by atoms with van der Waals surface area (Å²) in [6.07, 6.45) is 1.83. The van der Waals surface area contributed by atoms with E-state index in [1.165, 1.54) is 0 Å². The Morgan fingerprint density at radius 1 is 1.61 bits per heavy atom. The SMILES string of the molecule is NCCNC(=O)C1CC(=O)N(Cc2ccco2)C1. The van der Waals surface area contributed by atoms with E-state index < -0.39 is 0 Å². The number of carbonyl (C=O) groups excluding carboxylic acids is 2. The van der Waals surface area contributed by atoms with E-state index in [9.17, 15) is 9.59 Å². The Labute approximate surface area is 105 Å². The number of hydrogen-bond acceptors (Lipinski definition) is 4. The minimum Gasteiger partial charge on any atom is -0.467 e. The zero-order valence-electron chi connectivity index (χ0n) is 10.1. The zero-order chi connectivity index (χ0) is 13.0. The Morgan fingerprint density at radius 3 is 3.11 bits per heavy atom. The number of likely N-dealkylation sites (tertiary alicyclic amines) is 1. The molecule has 1 aromatic rings. The van der Waals surface area contributed by atoms with Crippen molar-refractivity contribution in [3.8, 4) is 0 Å². The van der Waals surface area contributed by atoms with Crippen molar-refractivity contribution < 1.29 is 14.0 Å². The molecule has 0 radical (unpaired) electrons. The van der Waals surface area contributed by atoms with Gasteiger partial charge in [0.15, 0.2) is 0 Å². The number of amides is 2. The first-order chi connectivity index (χ1) is 8.70. The van der Waals surface area contributed by atoms with Gasteiger partial charge in [-0.3, -0.25) is 9.59 Å². The molecule has 1 atom stereocenters. The molecule has 0 saturated carbocycles. The highest BCUT2D eigenvalue weighted by molar-refractivity contribution is 5.89. The van der Waals surface area contributed by atoms with Crippen molar-refractivity contribution in [2.75, 3.05) is 19.6 Å². The van der Waals surface area contributed by atoms with Crippen molar-refractivity contribution in [2.24, 2.45) is 11.7 Å². The fourth-order valence-electron chi connectivity index (χ4n) is 2.03. The summed E-state index contributed by atoms with van der Waals surface area (Å²) in [5, 5.41) is 2.71. The van der Waals surface area contributed by atoms with Gasteiger partial charge in [0.25, 0.3) is 0 Å². The fraction of sp³-hybridized carbons (Fsp3) is 0.500. The van der Waals surface area contributed by atoms with Crippen LogP contribution in [0.25, 0.3) is 0 Å². The van der Waals surface area contributed by atoms with Crippen LogP contribution >= 0.6 is 0 Å². The third kappa shape index (κ3) is 2.89. The fourth-order valence-corrected chi connectivity index (χ4v) is 2.03. The Morgan fingerprint density at radius 2 is 2.44 bits per heavy atom. The number of rotatable bonds is 5. The normalized spacial score (nSPS) is 19.3. The topological polar surface area (TPSA) is 88.6 Å². The van der Waals surface area contributed by atoms with Gasteiger partial charge >= 0.3 is 0 Å². The van der Waals surface area contributed by atoms with Crippen LogP contribution in [0.3, 0.4) is 0 Å². The van der Waals surface area contributed by atoms with Gasteiger partial charge in [0, 0.05) is 26.1 Å². The lowest BCUT2D eigenvalue weighted by atomic mass is 10.1. The molecule has 0 bridgehead atoms. The predicted octanol–water partition coefficient (Wildman–Crippen LogP) is -0.297. The molecule has 1 saturated heterocycles. The molecule has 0 aliphatic carbocycles. The number of nitrogens with one attached hydrogen (secondary N) is 1. The van der Waals surface area contributed by atoms with Crippen molar-refractivity contribution in [1.29, 1.82) is 0 Å². The van der Waals surface area contributed by atoms with Gasteiger partial charge in [-0.1, -0.05) is 0 Å². The largest absolute Gasteiger partial charge is 0.467 e. The van der Waals surface area contributed by atoms with E-state index in [2.05, 4.69) is 5.32 Å². The van der Waals surface area contributed by atoms with Crippen LogP contribution < -0.4 is 11.1 Å². The van der Waals surface area contributed by atoms with Crippen LogP contribution in [0, 0.1) is 5.92 Å². The standard InChI is InChI=1S/C12H17N3O3/c13-3-4-14-12(17)9-6-11(16)15(7-9)8-10-2-1-5-18-10/h1-2,5,9H,3-4,6-8,13H2,(H,14,17). The number of hydrogen-bond donors (Lipinski definition) is 2. The number of nitrogens with two attached hydrogens (primary N) is 1. The second-order valence-corrected chi connectivity index (χ2v) is 4.33. The van der Waals surface area contributed by atoms with Gasteiger partial charge in [-0.2, -0.15) is 0 Å². The van der Waals surface area contributed by atoms with Gasteiger partial charge in [-0.05, 0) is 12.1 Å². The first-order valence-corrected chi connectivity index (χ1v) is 5.98. The maximum Gasteiger partial charge on any atom is 0.225 e. The Hall–Kier alpha value is -1.82. The summed E-state index contributed by atoms with van der Waals surface area (Å²) in [6.45, 7) is 1.71. The molecule has 1 aliphatic heterocycles. The van der Waals surface area contributed by atoms with E-state index >= 15 is 0 Å². The van der Waals surface area contributed by atoms with Gasteiger partial charge in [0.1, 0.15) is 5.76 Å². The number of furan rings is 1. The van der Waals surface area contributed by atoms with Crippen LogP contribution in [0.5, 0.6) is 0 Å². The second-order valence-electron chi connectivity index (χ2n) is 4.33. The molecule has 0 aromatic carbocycles. The molecule has 6 heteroatoms. The molecule has 3 N–H and O–H groups in total. The molecule has 1 fully saturated rings. The van der Waals surface area contributed by atoms with Gasteiger partial charge in [-0.15, -0.1) is 0 Å². The second kappa shape index (κ2) is 5.68. The molecule has 18 heavy (non-hydrogen) atoms. The van der Waals surface area contributed by atoms with Gasteiger partial charge in [0.2, 0.25) is 11.8 Å². The van der Waals surface area contributed by atoms with E-state index in [1.807, 2.05) is 6.07 Å². The lowest BCUT2D eigenvalue weighted by Crippen LogP contribution is -2.35. The quantitative estimate of drug-likeness (QED) is 0.752. The monoisotopic (exact) mass is 251 g/mol. The summed E-state index contributed by atoms with van der Waals surface area (Å²) in [4.78, 5) is 25.1. The molecule has 98 valence electrons. The molecule has 1 aliphatic rings. The molecule has 0 spiro atoms. The summed E-state index contributed by atoms with van der Waals surface area (Å²) < 4.78 is 5.19. The van der Waals surface area contributed by atoms with Crippen molar-refractivity contribution >= 4 is 11.8 Å². The van der Waals surface area contributed by atoms with Crippen molar-refractivity contribution in [1.82, 2.24) is 10.2 Å². The van der Waals surface area contributed by atoms with E-state index in [1.54, 1.807) is 17.2 Å². The minimum absolute atomic E-state index is 0.0145. The van der Waals surface area contributed by atoms with Crippen molar-refractivity contribution in [2.45, 2.75) is 13.0 Å². The van der Waals surface area contributed by atoms with Crippen LogP contribution in [0.1, 0.15) is 12.2 Å². The molecule has 6 nitrogen and oxygen atoms in total. The molecule has 2 heterocycles. The van der Waals surface area contributed by atoms with E-state index in [0.29, 0.717) is 26.2 Å². The summed E-state index contributed by atoms with van der Waals surface area (Å²) in [5.74, 6) is 0.334. The van der Waals surface area contributed by atoms with Crippen LogP contribution in [0.4, 0.5) is 0 Å². The molecule has 2 rings (SSSR count). The first-order valence-electron chi connectivity index (χ1n) is 5.98. The van der Waals surface area contributed by atoms with Crippen LogP contribution in [0.15, 0.2) is 22.8 Å². The van der Waals surface area contributed by atoms with Crippen LogP contribution in [0.2, 0.25) is 0 Å². The molecule has 1 aromatic heterocycles. The number of nitrogens with zero attached hydrogens (tertiary/aromatic N) is 1. The van der Waals surface area contributed by atoms with Gasteiger partial charge in [-0.25, -0.2) is 0 Å². The highest BCUT2D eigenvalue weighted by Gasteiger charge is 2.34. The Kier molecular flexibility index (Phi) is 3.99. The Balaban J connectivity index is 1.88. The zero-order valence-corrected chi connectivity index (χ0v) is 10.1. The van der Waals surface area contributed by atoms with E-state index in [0.717, 1.165) is 5.76 Å². The average Bonchev–Trinajstić information content (AvgIpc) is 2.98. The van der Waals surface area contributed by atoms with E-state index in [4.69, 9.17) is 10.2 Å². The smallest absolute Gasteiger partial charge is 0.225 e. The van der Waals surface area contributed by atoms with Crippen LogP contribution in [-0.4, -0.2) is 36.3 Å². The first kappa shape index (κ1) is 12.6. The maximum absolute atomic E-state index is 11.8. The van der Waals surface area contributed by atoms with Crippen molar-refractivity contribution in [3.63, 3.8) is 0 Å². The third-order valence-corrected chi connectivity index (χ3v) is 2.96. The maximum atomic E-state index is 11.8. The molecule has 1 unspecified atom stereocenters. The highest BCUT2D eigenvalue weighted by atomic mass is 16.3. The average molecular weight is 251 g/mol.